The van der Waals surface area contributed by atoms with E-state index >= 15 is 0 Å². The van der Waals surface area contributed by atoms with Gasteiger partial charge < -0.3 is 5.73 Å². The summed E-state index contributed by atoms with van der Waals surface area (Å²) in [5.74, 6) is 1.63. The van der Waals surface area contributed by atoms with Crippen molar-refractivity contribution in [1.82, 2.24) is 9.88 Å². The molecule has 2 N–H and O–H groups in total. The Balaban J connectivity index is 1.61. The van der Waals surface area contributed by atoms with Gasteiger partial charge in [0, 0.05) is 30.1 Å². The normalized spacial score (nSPS) is 18.9. The molecule has 0 unspecified atom stereocenters. The number of fused-ring (bicyclic) bond motifs is 1. The quantitative estimate of drug-likeness (QED) is 0.904. The Hall–Kier alpha value is -1.61. The van der Waals surface area contributed by atoms with Crippen LogP contribution in [0.3, 0.4) is 0 Å². The number of aromatic nitrogens is 1. The van der Waals surface area contributed by atoms with Gasteiger partial charge in [-0.25, -0.2) is 4.98 Å². The van der Waals surface area contributed by atoms with Gasteiger partial charge in [-0.05, 0) is 43.7 Å². The van der Waals surface area contributed by atoms with E-state index in [0.29, 0.717) is 5.82 Å². The number of pyridine rings is 1. The Morgan fingerprint density at radius 1 is 1.15 bits per heavy atom. The number of para-hydroxylation sites is 1. The molecule has 20 heavy (non-hydrogen) atoms. The molecular formula is C17H21N3. The molecule has 1 heterocycles. The molecule has 2 aliphatic carbocycles. The Morgan fingerprint density at radius 3 is 2.70 bits per heavy atom. The second kappa shape index (κ2) is 4.74. The maximum atomic E-state index is 6.16. The molecule has 2 saturated carbocycles. The molecule has 4 rings (SSSR count). The predicted molar refractivity (Wildman–Crippen MR) is 82.3 cm³/mol. The van der Waals surface area contributed by atoms with Crippen LogP contribution >= 0.6 is 0 Å². The zero-order valence-corrected chi connectivity index (χ0v) is 11.8. The second-order valence-corrected chi connectivity index (χ2v) is 6.33. The van der Waals surface area contributed by atoms with Crippen LogP contribution in [0.5, 0.6) is 0 Å². The molecule has 104 valence electrons. The molecule has 0 spiro atoms. The third-order valence-electron chi connectivity index (χ3n) is 4.46. The summed E-state index contributed by atoms with van der Waals surface area (Å²) in [6.07, 6.45) is 5.53. The van der Waals surface area contributed by atoms with Crippen LogP contribution in [0.25, 0.3) is 10.9 Å². The molecule has 0 atom stereocenters. The van der Waals surface area contributed by atoms with Crippen LogP contribution in [0.4, 0.5) is 5.82 Å². The number of nitrogen functional groups attached to an aromatic ring is 1. The lowest BCUT2D eigenvalue weighted by Crippen LogP contribution is -2.28. The maximum absolute atomic E-state index is 6.16. The zero-order chi connectivity index (χ0) is 13.5. The summed E-state index contributed by atoms with van der Waals surface area (Å²) in [6.45, 7) is 2.21. The summed E-state index contributed by atoms with van der Waals surface area (Å²) in [5.41, 5.74) is 8.35. The smallest absolute Gasteiger partial charge is 0.128 e. The van der Waals surface area contributed by atoms with Crippen molar-refractivity contribution in [2.24, 2.45) is 5.92 Å². The zero-order valence-electron chi connectivity index (χ0n) is 11.8. The first-order valence-corrected chi connectivity index (χ1v) is 7.68. The predicted octanol–water partition coefficient (Wildman–Crippen LogP) is 3.19. The van der Waals surface area contributed by atoms with Crippen molar-refractivity contribution in [3.63, 3.8) is 0 Å². The van der Waals surface area contributed by atoms with Gasteiger partial charge in [0.2, 0.25) is 0 Å². The molecule has 0 radical (unpaired) electrons. The van der Waals surface area contributed by atoms with Gasteiger partial charge in [0.25, 0.3) is 0 Å². The average Bonchev–Trinajstić information content (AvgIpc) is 3.32. The van der Waals surface area contributed by atoms with Crippen molar-refractivity contribution in [3.8, 4) is 0 Å². The van der Waals surface area contributed by atoms with E-state index in [9.17, 15) is 0 Å². The topological polar surface area (TPSA) is 42.1 Å². The van der Waals surface area contributed by atoms with Gasteiger partial charge in [-0.15, -0.1) is 0 Å². The summed E-state index contributed by atoms with van der Waals surface area (Å²) in [7, 11) is 0. The van der Waals surface area contributed by atoms with Crippen molar-refractivity contribution in [3.05, 3.63) is 35.9 Å². The molecule has 3 heteroatoms. The van der Waals surface area contributed by atoms with E-state index in [1.54, 1.807) is 0 Å². The minimum absolute atomic E-state index is 0.699. The molecule has 2 aromatic rings. The third-order valence-corrected chi connectivity index (χ3v) is 4.46. The minimum Gasteiger partial charge on any atom is -0.383 e. The van der Waals surface area contributed by atoms with E-state index in [0.717, 1.165) is 24.0 Å². The molecule has 0 bridgehead atoms. The molecule has 1 aromatic heterocycles. The summed E-state index contributed by atoms with van der Waals surface area (Å²) < 4.78 is 0. The fourth-order valence-corrected chi connectivity index (χ4v) is 2.93. The molecule has 0 amide bonds. The van der Waals surface area contributed by atoms with Crippen LogP contribution in [0.1, 0.15) is 31.2 Å². The van der Waals surface area contributed by atoms with Crippen LogP contribution < -0.4 is 5.73 Å². The molecule has 2 aliphatic rings. The Morgan fingerprint density at radius 2 is 1.95 bits per heavy atom. The number of hydrogen-bond donors (Lipinski definition) is 1. The molecule has 3 nitrogen and oxygen atoms in total. The van der Waals surface area contributed by atoms with Gasteiger partial charge in [0.1, 0.15) is 5.82 Å². The summed E-state index contributed by atoms with van der Waals surface area (Å²) >= 11 is 0. The first kappa shape index (κ1) is 12.2. The van der Waals surface area contributed by atoms with Gasteiger partial charge in [0.05, 0.1) is 5.52 Å². The second-order valence-electron chi connectivity index (χ2n) is 6.33. The first-order valence-electron chi connectivity index (χ1n) is 7.68. The maximum Gasteiger partial charge on any atom is 0.128 e. The average molecular weight is 267 g/mol. The lowest BCUT2D eigenvalue weighted by Gasteiger charge is -2.22. The van der Waals surface area contributed by atoms with E-state index in [1.165, 1.54) is 43.2 Å². The third kappa shape index (κ3) is 2.50. The number of benzene rings is 1. The standard InChI is InChI=1S/C17H21N3/c18-17-14(9-13-3-1-2-4-16(13)19-17)11-20(15-7-8-15)10-12-5-6-12/h1-4,9,12,15H,5-8,10-11H2,(H2,18,19). The highest BCUT2D eigenvalue weighted by Crippen LogP contribution is 2.36. The van der Waals surface area contributed by atoms with Crippen molar-refractivity contribution in [1.29, 1.82) is 0 Å². The van der Waals surface area contributed by atoms with Gasteiger partial charge in [-0.3, -0.25) is 4.90 Å². The number of nitrogens with zero attached hydrogens (tertiary/aromatic N) is 2. The fourth-order valence-electron chi connectivity index (χ4n) is 2.93. The van der Waals surface area contributed by atoms with E-state index in [1.807, 2.05) is 12.1 Å². The fraction of sp³-hybridized carbons (Fsp3) is 0.471. The Bertz CT molecular complexity index is 629. The molecular weight excluding hydrogens is 246 g/mol. The molecule has 2 fully saturated rings. The van der Waals surface area contributed by atoms with E-state index in [2.05, 4.69) is 28.1 Å². The van der Waals surface area contributed by atoms with E-state index in [-0.39, 0.29) is 0 Å². The van der Waals surface area contributed by atoms with E-state index in [4.69, 9.17) is 5.73 Å². The number of nitrogens with two attached hydrogens (primary N) is 1. The van der Waals surface area contributed by atoms with Crippen molar-refractivity contribution in [2.75, 3.05) is 12.3 Å². The lowest BCUT2D eigenvalue weighted by molar-refractivity contribution is 0.244. The van der Waals surface area contributed by atoms with Crippen LogP contribution in [-0.2, 0) is 6.54 Å². The Labute approximate surface area is 119 Å². The van der Waals surface area contributed by atoms with Crippen LogP contribution in [0.15, 0.2) is 30.3 Å². The van der Waals surface area contributed by atoms with E-state index < -0.39 is 0 Å². The number of rotatable bonds is 5. The van der Waals surface area contributed by atoms with Crippen molar-refractivity contribution >= 4 is 16.7 Å². The Kier molecular flexibility index (Phi) is 2.88. The molecule has 0 aliphatic heterocycles. The van der Waals surface area contributed by atoms with Gasteiger partial charge in [-0.2, -0.15) is 0 Å². The van der Waals surface area contributed by atoms with Crippen LogP contribution in [-0.4, -0.2) is 22.5 Å². The molecule has 0 saturated heterocycles. The van der Waals surface area contributed by atoms with Gasteiger partial charge >= 0.3 is 0 Å². The largest absolute Gasteiger partial charge is 0.383 e. The van der Waals surface area contributed by atoms with Crippen molar-refractivity contribution in [2.45, 2.75) is 38.3 Å². The monoisotopic (exact) mass is 267 g/mol. The number of hydrogen-bond acceptors (Lipinski definition) is 3. The molecule has 1 aromatic carbocycles. The van der Waals surface area contributed by atoms with Crippen molar-refractivity contribution < 1.29 is 0 Å². The first-order chi connectivity index (χ1) is 9.79. The lowest BCUT2D eigenvalue weighted by atomic mass is 10.1. The van der Waals surface area contributed by atoms with Crippen LogP contribution in [0.2, 0.25) is 0 Å². The SMILES string of the molecule is Nc1nc2ccccc2cc1CN(CC1CC1)C1CC1. The minimum atomic E-state index is 0.699. The van der Waals surface area contributed by atoms with Gasteiger partial charge in [-0.1, -0.05) is 18.2 Å². The summed E-state index contributed by atoms with van der Waals surface area (Å²) in [4.78, 5) is 7.18. The van der Waals surface area contributed by atoms with Gasteiger partial charge in [0.15, 0.2) is 0 Å². The highest BCUT2D eigenvalue weighted by molar-refractivity contribution is 5.81. The van der Waals surface area contributed by atoms with Crippen LogP contribution in [0, 0.1) is 5.92 Å². The highest BCUT2D eigenvalue weighted by atomic mass is 15.2. The summed E-state index contributed by atoms with van der Waals surface area (Å²) in [6, 6.07) is 11.2. The highest BCUT2D eigenvalue weighted by Gasteiger charge is 2.33. The summed E-state index contributed by atoms with van der Waals surface area (Å²) in [5, 5.41) is 1.19. The number of anilines is 1.